The summed E-state index contributed by atoms with van der Waals surface area (Å²) in [6.45, 7) is 4.04. The molecule has 0 saturated heterocycles. The van der Waals surface area contributed by atoms with Crippen LogP contribution in [0, 0.1) is 13.8 Å². The molecular formula is C18H16ClN3O2S. The van der Waals surface area contributed by atoms with Gasteiger partial charge in [-0.2, -0.15) is 0 Å². The maximum Gasteiger partial charge on any atom is 0.277 e. The second-order valence-corrected chi connectivity index (χ2v) is 6.88. The van der Waals surface area contributed by atoms with Crippen molar-refractivity contribution in [1.29, 1.82) is 0 Å². The van der Waals surface area contributed by atoms with Crippen LogP contribution in [-0.2, 0) is 4.79 Å². The molecule has 0 aliphatic carbocycles. The number of hydrogen-bond acceptors (Lipinski definition) is 5. The largest absolute Gasteiger partial charge is 0.411 e. The van der Waals surface area contributed by atoms with Crippen molar-refractivity contribution in [2.45, 2.75) is 19.1 Å². The van der Waals surface area contributed by atoms with Crippen LogP contribution in [0.5, 0.6) is 0 Å². The third-order valence-corrected chi connectivity index (χ3v) is 4.69. The molecule has 5 nitrogen and oxygen atoms in total. The van der Waals surface area contributed by atoms with E-state index in [1.54, 1.807) is 24.3 Å². The van der Waals surface area contributed by atoms with Crippen LogP contribution in [0.15, 0.2) is 52.1 Å². The van der Waals surface area contributed by atoms with Gasteiger partial charge in [0.25, 0.3) is 5.22 Å². The van der Waals surface area contributed by atoms with E-state index in [4.69, 9.17) is 16.0 Å². The van der Waals surface area contributed by atoms with Crippen LogP contribution in [-0.4, -0.2) is 21.9 Å². The SMILES string of the molecule is Cc1ccc(NC(=O)CSc2nnc(-c3ccc(Cl)cc3)o2)cc1C. The van der Waals surface area contributed by atoms with E-state index >= 15 is 0 Å². The number of rotatable bonds is 5. The van der Waals surface area contributed by atoms with Crippen LogP contribution in [0.25, 0.3) is 11.5 Å². The number of hydrogen-bond donors (Lipinski definition) is 1. The highest BCUT2D eigenvalue weighted by Crippen LogP contribution is 2.24. The van der Waals surface area contributed by atoms with Crippen molar-refractivity contribution in [2.24, 2.45) is 0 Å². The lowest BCUT2D eigenvalue weighted by Crippen LogP contribution is -2.14. The van der Waals surface area contributed by atoms with Gasteiger partial charge in [0.1, 0.15) is 0 Å². The van der Waals surface area contributed by atoms with E-state index < -0.39 is 0 Å². The zero-order valence-electron chi connectivity index (χ0n) is 13.7. The van der Waals surface area contributed by atoms with Crippen molar-refractivity contribution in [3.63, 3.8) is 0 Å². The number of carbonyl (C=O) groups is 1. The molecule has 0 aliphatic heterocycles. The van der Waals surface area contributed by atoms with Gasteiger partial charge in [-0.05, 0) is 61.4 Å². The maximum atomic E-state index is 12.1. The predicted octanol–water partition coefficient (Wildman–Crippen LogP) is 4.74. The Kier molecular flexibility index (Phi) is 5.40. The Morgan fingerprint density at radius 3 is 2.60 bits per heavy atom. The molecule has 2 aromatic carbocycles. The number of nitrogens with one attached hydrogen (secondary N) is 1. The lowest BCUT2D eigenvalue weighted by molar-refractivity contribution is -0.113. The van der Waals surface area contributed by atoms with Crippen LogP contribution in [0.2, 0.25) is 5.02 Å². The number of aryl methyl sites for hydroxylation is 2. The molecule has 0 bridgehead atoms. The molecule has 1 N–H and O–H groups in total. The number of nitrogens with zero attached hydrogens (tertiary/aromatic N) is 2. The van der Waals surface area contributed by atoms with Crippen molar-refractivity contribution < 1.29 is 9.21 Å². The second-order valence-electron chi connectivity index (χ2n) is 5.52. The smallest absolute Gasteiger partial charge is 0.277 e. The molecule has 1 heterocycles. The first-order valence-electron chi connectivity index (χ1n) is 7.60. The maximum absolute atomic E-state index is 12.1. The van der Waals surface area contributed by atoms with Crippen LogP contribution >= 0.6 is 23.4 Å². The van der Waals surface area contributed by atoms with Crippen molar-refractivity contribution in [3.05, 3.63) is 58.6 Å². The molecular weight excluding hydrogens is 358 g/mol. The van der Waals surface area contributed by atoms with E-state index in [0.717, 1.165) is 16.8 Å². The minimum absolute atomic E-state index is 0.125. The van der Waals surface area contributed by atoms with Gasteiger partial charge < -0.3 is 9.73 Å². The summed E-state index contributed by atoms with van der Waals surface area (Å²) < 4.78 is 5.56. The third-order valence-electron chi connectivity index (χ3n) is 3.62. The fourth-order valence-corrected chi connectivity index (χ4v) is 2.81. The first kappa shape index (κ1) is 17.5. The van der Waals surface area contributed by atoms with E-state index in [-0.39, 0.29) is 11.7 Å². The molecule has 25 heavy (non-hydrogen) atoms. The first-order chi connectivity index (χ1) is 12.0. The summed E-state index contributed by atoms with van der Waals surface area (Å²) in [5.74, 6) is 0.461. The van der Waals surface area contributed by atoms with E-state index in [2.05, 4.69) is 15.5 Å². The van der Waals surface area contributed by atoms with Crippen LogP contribution in [0.4, 0.5) is 5.69 Å². The van der Waals surface area contributed by atoms with Gasteiger partial charge in [0, 0.05) is 16.3 Å². The number of carbonyl (C=O) groups excluding carboxylic acids is 1. The highest BCUT2D eigenvalue weighted by Gasteiger charge is 2.11. The summed E-state index contributed by atoms with van der Waals surface area (Å²) in [6.07, 6.45) is 0. The Bertz CT molecular complexity index is 894. The van der Waals surface area contributed by atoms with E-state index in [0.29, 0.717) is 16.1 Å². The van der Waals surface area contributed by atoms with Gasteiger partial charge in [-0.3, -0.25) is 4.79 Å². The summed E-state index contributed by atoms with van der Waals surface area (Å²) >= 11 is 7.05. The van der Waals surface area contributed by atoms with Gasteiger partial charge in [-0.25, -0.2) is 0 Å². The summed E-state index contributed by atoms with van der Waals surface area (Å²) in [5, 5.41) is 11.8. The van der Waals surface area contributed by atoms with E-state index in [1.807, 2.05) is 32.0 Å². The van der Waals surface area contributed by atoms with Crippen LogP contribution < -0.4 is 5.32 Å². The number of halogens is 1. The molecule has 1 aromatic heterocycles. The Labute approximate surface area is 154 Å². The molecule has 0 radical (unpaired) electrons. The standard InChI is InChI=1S/C18H16ClN3O2S/c1-11-3-8-15(9-12(11)2)20-16(23)10-25-18-22-21-17(24-18)13-4-6-14(19)7-5-13/h3-9H,10H2,1-2H3,(H,20,23). The first-order valence-corrected chi connectivity index (χ1v) is 8.97. The number of benzene rings is 2. The average molecular weight is 374 g/mol. The summed E-state index contributed by atoms with van der Waals surface area (Å²) in [6, 6.07) is 12.9. The van der Waals surface area contributed by atoms with Gasteiger partial charge in [0.15, 0.2) is 0 Å². The molecule has 0 unspecified atom stereocenters. The minimum atomic E-state index is -0.125. The van der Waals surface area contributed by atoms with Crippen molar-refractivity contribution >= 4 is 35.0 Å². The zero-order valence-corrected chi connectivity index (χ0v) is 15.3. The van der Waals surface area contributed by atoms with Crippen molar-refractivity contribution in [2.75, 3.05) is 11.1 Å². The molecule has 7 heteroatoms. The molecule has 3 rings (SSSR count). The monoisotopic (exact) mass is 373 g/mol. The molecule has 0 fully saturated rings. The van der Waals surface area contributed by atoms with Gasteiger partial charge in [-0.1, -0.05) is 29.4 Å². The molecule has 128 valence electrons. The van der Waals surface area contributed by atoms with E-state index in [1.165, 1.54) is 17.3 Å². The number of thioether (sulfide) groups is 1. The average Bonchev–Trinajstić information content (AvgIpc) is 3.06. The molecule has 1 amide bonds. The lowest BCUT2D eigenvalue weighted by Gasteiger charge is -2.06. The Balaban J connectivity index is 1.57. The Hall–Kier alpha value is -2.31. The highest BCUT2D eigenvalue weighted by molar-refractivity contribution is 7.99. The minimum Gasteiger partial charge on any atom is -0.411 e. The fraction of sp³-hybridized carbons (Fsp3) is 0.167. The molecule has 0 saturated carbocycles. The highest BCUT2D eigenvalue weighted by atomic mass is 35.5. The van der Waals surface area contributed by atoms with Gasteiger partial charge >= 0.3 is 0 Å². The molecule has 0 atom stereocenters. The van der Waals surface area contributed by atoms with E-state index in [9.17, 15) is 4.79 Å². The van der Waals surface area contributed by atoms with Gasteiger partial charge in [0.2, 0.25) is 11.8 Å². The van der Waals surface area contributed by atoms with Crippen molar-refractivity contribution in [1.82, 2.24) is 10.2 Å². The summed E-state index contributed by atoms with van der Waals surface area (Å²) in [7, 11) is 0. The second kappa shape index (κ2) is 7.72. The molecule has 0 spiro atoms. The lowest BCUT2D eigenvalue weighted by atomic mass is 10.1. The number of amides is 1. The Morgan fingerprint density at radius 2 is 1.88 bits per heavy atom. The summed E-state index contributed by atoms with van der Waals surface area (Å²) in [5.41, 5.74) is 3.88. The normalized spacial score (nSPS) is 10.7. The number of aromatic nitrogens is 2. The quantitative estimate of drug-likeness (QED) is 0.654. The Morgan fingerprint density at radius 1 is 1.12 bits per heavy atom. The van der Waals surface area contributed by atoms with Crippen LogP contribution in [0.3, 0.4) is 0 Å². The van der Waals surface area contributed by atoms with Crippen molar-refractivity contribution in [3.8, 4) is 11.5 Å². The van der Waals surface area contributed by atoms with Gasteiger partial charge in [0.05, 0.1) is 5.75 Å². The predicted molar refractivity (Wildman–Crippen MR) is 100 cm³/mol. The third kappa shape index (κ3) is 4.61. The van der Waals surface area contributed by atoms with Crippen LogP contribution in [0.1, 0.15) is 11.1 Å². The molecule has 3 aromatic rings. The zero-order chi connectivity index (χ0) is 17.8. The fourth-order valence-electron chi connectivity index (χ4n) is 2.12. The topological polar surface area (TPSA) is 68.0 Å². The molecule has 0 aliphatic rings. The number of anilines is 1. The van der Waals surface area contributed by atoms with Gasteiger partial charge in [-0.15, -0.1) is 10.2 Å². The summed E-state index contributed by atoms with van der Waals surface area (Å²) in [4.78, 5) is 12.1.